The minimum absolute atomic E-state index is 0.163. The lowest BCUT2D eigenvalue weighted by atomic mass is 10.2. The summed E-state index contributed by atoms with van der Waals surface area (Å²) in [5, 5.41) is 3.46. The van der Waals surface area contributed by atoms with E-state index < -0.39 is 10.0 Å². The highest BCUT2D eigenvalue weighted by Crippen LogP contribution is 2.32. The zero-order valence-electron chi connectivity index (χ0n) is 18.0. The Morgan fingerprint density at radius 3 is 2.70 bits per heavy atom. The van der Waals surface area contributed by atoms with Crippen LogP contribution in [0.2, 0.25) is 0 Å². The van der Waals surface area contributed by atoms with Crippen molar-refractivity contribution in [2.24, 2.45) is 0 Å². The lowest BCUT2D eigenvalue weighted by Gasteiger charge is -2.33. The molecule has 1 fully saturated rings. The number of nitrogens with one attached hydrogen (secondary N) is 2. The second-order valence-electron chi connectivity index (χ2n) is 7.99. The molecule has 4 heterocycles. The maximum absolute atomic E-state index is 13.1. The number of pyridine rings is 1. The maximum Gasteiger partial charge on any atom is 0.245 e. The summed E-state index contributed by atoms with van der Waals surface area (Å²) in [5.74, 6) is 1.13. The summed E-state index contributed by atoms with van der Waals surface area (Å²) in [7, 11) is -3.65. The van der Waals surface area contributed by atoms with Gasteiger partial charge in [0.2, 0.25) is 15.9 Å². The van der Waals surface area contributed by atoms with Crippen molar-refractivity contribution in [2.75, 3.05) is 51.3 Å². The number of nitrogens with zero attached hydrogens (tertiary/aromatic N) is 3. The second-order valence-corrected chi connectivity index (χ2v) is 9.90. The summed E-state index contributed by atoms with van der Waals surface area (Å²) in [6.45, 7) is 2.92. The van der Waals surface area contributed by atoms with Crippen LogP contribution < -0.4 is 14.8 Å². The number of aromatic amines is 1. The average molecular weight is 472 g/mol. The van der Waals surface area contributed by atoms with E-state index in [-0.39, 0.29) is 17.3 Å². The van der Waals surface area contributed by atoms with E-state index in [4.69, 9.17) is 9.47 Å². The van der Waals surface area contributed by atoms with Crippen LogP contribution in [0.25, 0.3) is 11.0 Å². The molecule has 0 bridgehead atoms. The third kappa shape index (κ3) is 4.52. The summed E-state index contributed by atoms with van der Waals surface area (Å²) in [4.78, 5) is 21.8. The Kier molecular flexibility index (Phi) is 5.92. The fourth-order valence-electron chi connectivity index (χ4n) is 4.06. The number of hydrogen-bond acceptors (Lipinski definition) is 7. The van der Waals surface area contributed by atoms with Gasteiger partial charge in [-0.2, -0.15) is 4.31 Å². The van der Waals surface area contributed by atoms with Gasteiger partial charge < -0.3 is 19.8 Å². The van der Waals surface area contributed by atoms with Gasteiger partial charge in [-0.05, 0) is 24.3 Å². The van der Waals surface area contributed by atoms with Gasteiger partial charge in [0, 0.05) is 62.1 Å². The van der Waals surface area contributed by atoms with Crippen LogP contribution in [0.5, 0.6) is 11.5 Å². The van der Waals surface area contributed by atoms with E-state index in [0.29, 0.717) is 67.6 Å². The van der Waals surface area contributed by atoms with Gasteiger partial charge >= 0.3 is 0 Å². The summed E-state index contributed by atoms with van der Waals surface area (Å²) in [6, 6.07) is 8.80. The Morgan fingerprint density at radius 1 is 1.09 bits per heavy atom. The molecule has 1 aromatic carbocycles. The predicted octanol–water partition coefficient (Wildman–Crippen LogP) is 1.67. The fraction of sp³-hybridized carbons (Fsp3) is 0.364. The van der Waals surface area contributed by atoms with E-state index in [1.54, 1.807) is 36.5 Å². The quantitative estimate of drug-likeness (QED) is 0.581. The molecule has 0 saturated carbocycles. The average Bonchev–Trinajstić information content (AvgIpc) is 3.12. The Balaban J connectivity index is 1.18. The number of sulfonamides is 1. The number of rotatable bonds is 5. The van der Waals surface area contributed by atoms with Crippen LogP contribution in [-0.2, 0) is 14.8 Å². The molecule has 2 aliphatic heterocycles. The van der Waals surface area contributed by atoms with Gasteiger partial charge in [-0.1, -0.05) is 0 Å². The molecule has 3 aromatic rings. The molecule has 5 rings (SSSR count). The number of H-pyrrole nitrogens is 1. The number of fused-ring (bicyclic) bond motifs is 2. The standard InChI is InChI=1S/C22H25N5O5S/c28-21(25-16-4-5-18-19(13-16)32-12-2-11-31-18)15-26-7-9-27(10-8-26)33(29,30)20-14-24-22-17(20)3-1-6-23-22/h1,3-6,13-14H,2,7-12,15H2,(H,23,24)(H,25,28). The molecule has 2 aromatic heterocycles. The molecule has 0 unspecified atom stereocenters. The Labute approximate surface area is 191 Å². The molecule has 2 aliphatic rings. The summed E-state index contributed by atoms with van der Waals surface area (Å²) < 4.78 is 39.0. The zero-order valence-corrected chi connectivity index (χ0v) is 18.8. The van der Waals surface area contributed by atoms with Gasteiger partial charge in [0.05, 0.1) is 19.8 Å². The normalized spacial score (nSPS) is 17.6. The molecule has 1 saturated heterocycles. The largest absolute Gasteiger partial charge is 0.490 e. The van der Waals surface area contributed by atoms with Crippen LogP contribution in [0, 0.1) is 0 Å². The highest BCUT2D eigenvalue weighted by Gasteiger charge is 2.31. The number of carbonyl (C=O) groups is 1. The topological polar surface area (TPSA) is 117 Å². The predicted molar refractivity (Wildman–Crippen MR) is 122 cm³/mol. The van der Waals surface area contributed by atoms with E-state index in [2.05, 4.69) is 15.3 Å². The third-order valence-electron chi connectivity index (χ3n) is 5.76. The minimum Gasteiger partial charge on any atom is -0.490 e. The van der Waals surface area contributed by atoms with Crippen LogP contribution in [0.1, 0.15) is 6.42 Å². The number of ether oxygens (including phenoxy) is 2. The Hall–Kier alpha value is -3.15. The van der Waals surface area contributed by atoms with Crippen molar-refractivity contribution in [1.29, 1.82) is 0 Å². The molecular formula is C22H25N5O5S. The van der Waals surface area contributed by atoms with Crippen molar-refractivity contribution in [3.05, 3.63) is 42.7 Å². The van der Waals surface area contributed by atoms with E-state index in [0.717, 1.165) is 6.42 Å². The van der Waals surface area contributed by atoms with Crippen molar-refractivity contribution >= 4 is 32.7 Å². The van der Waals surface area contributed by atoms with Gasteiger partial charge in [-0.3, -0.25) is 9.69 Å². The highest BCUT2D eigenvalue weighted by molar-refractivity contribution is 7.89. The summed E-state index contributed by atoms with van der Waals surface area (Å²) in [5.41, 5.74) is 1.18. The summed E-state index contributed by atoms with van der Waals surface area (Å²) >= 11 is 0. The first kappa shape index (κ1) is 21.7. The van der Waals surface area contributed by atoms with Crippen molar-refractivity contribution in [2.45, 2.75) is 11.3 Å². The molecule has 33 heavy (non-hydrogen) atoms. The van der Waals surface area contributed by atoms with Crippen molar-refractivity contribution in [3.8, 4) is 11.5 Å². The van der Waals surface area contributed by atoms with Crippen LogP contribution in [-0.4, -0.2) is 79.4 Å². The number of benzene rings is 1. The smallest absolute Gasteiger partial charge is 0.245 e. The van der Waals surface area contributed by atoms with Crippen LogP contribution in [0.3, 0.4) is 0 Å². The molecule has 0 spiro atoms. The highest BCUT2D eigenvalue weighted by atomic mass is 32.2. The lowest BCUT2D eigenvalue weighted by Crippen LogP contribution is -2.50. The molecule has 11 heteroatoms. The van der Waals surface area contributed by atoms with Gasteiger partial charge in [0.15, 0.2) is 11.5 Å². The van der Waals surface area contributed by atoms with Gasteiger partial charge in [0.25, 0.3) is 0 Å². The molecule has 0 radical (unpaired) electrons. The Morgan fingerprint density at radius 2 is 1.88 bits per heavy atom. The van der Waals surface area contributed by atoms with Crippen LogP contribution in [0.4, 0.5) is 5.69 Å². The molecule has 10 nitrogen and oxygen atoms in total. The first-order valence-corrected chi connectivity index (χ1v) is 12.3. The van der Waals surface area contributed by atoms with Gasteiger partial charge in [-0.25, -0.2) is 13.4 Å². The lowest BCUT2D eigenvalue weighted by molar-refractivity contribution is -0.117. The van der Waals surface area contributed by atoms with Crippen LogP contribution >= 0.6 is 0 Å². The molecule has 1 amide bonds. The molecule has 0 aliphatic carbocycles. The summed E-state index contributed by atoms with van der Waals surface area (Å²) in [6.07, 6.45) is 3.92. The molecule has 2 N–H and O–H groups in total. The second kappa shape index (κ2) is 9.00. The number of hydrogen-bond donors (Lipinski definition) is 2. The molecular weight excluding hydrogens is 446 g/mol. The number of aromatic nitrogens is 2. The number of carbonyl (C=O) groups excluding carboxylic acids is 1. The van der Waals surface area contributed by atoms with E-state index in [1.165, 1.54) is 10.5 Å². The number of anilines is 1. The van der Waals surface area contributed by atoms with E-state index in [1.807, 2.05) is 4.90 Å². The van der Waals surface area contributed by atoms with Crippen molar-refractivity contribution in [3.63, 3.8) is 0 Å². The van der Waals surface area contributed by atoms with Gasteiger partial charge in [0.1, 0.15) is 10.5 Å². The fourth-order valence-corrected chi connectivity index (χ4v) is 5.63. The van der Waals surface area contributed by atoms with Crippen LogP contribution in [0.15, 0.2) is 47.6 Å². The van der Waals surface area contributed by atoms with Crippen molar-refractivity contribution < 1.29 is 22.7 Å². The first-order valence-electron chi connectivity index (χ1n) is 10.8. The van der Waals surface area contributed by atoms with E-state index >= 15 is 0 Å². The molecule has 174 valence electrons. The van der Waals surface area contributed by atoms with E-state index in [9.17, 15) is 13.2 Å². The monoisotopic (exact) mass is 471 g/mol. The zero-order chi connectivity index (χ0) is 22.8. The number of amides is 1. The number of piperazine rings is 1. The SMILES string of the molecule is O=C(CN1CCN(S(=O)(=O)c2c[nH]c3ncccc23)CC1)Nc1ccc2c(c1)OCCCO2. The minimum atomic E-state index is -3.65. The van der Waals surface area contributed by atoms with Gasteiger partial charge in [-0.15, -0.1) is 0 Å². The van der Waals surface area contributed by atoms with Crippen molar-refractivity contribution in [1.82, 2.24) is 19.2 Å². The maximum atomic E-state index is 13.1. The Bertz CT molecular complexity index is 1270. The third-order valence-corrected chi connectivity index (χ3v) is 7.70. The first-order chi connectivity index (χ1) is 16.0. The molecule has 0 atom stereocenters.